The molecule has 2 nitrogen and oxygen atoms in total. The number of piperidine rings is 1. The van der Waals surface area contributed by atoms with Gasteiger partial charge in [-0.05, 0) is 98.8 Å². The normalized spacial score (nSPS) is 23.3. The van der Waals surface area contributed by atoms with Crippen LogP contribution in [0.5, 0.6) is 0 Å². The number of likely N-dealkylation sites (tertiary alicyclic amines) is 2. The summed E-state index contributed by atoms with van der Waals surface area (Å²) in [6.07, 6.45) is 8.15. The van der Waals surface area contributed by atoms with E-state index in [9.17, 15) is 0 Å². The van der Waals surface area contributed by atoms with Crippen molar-refractivity contribution in [2.24, 2.45) is 5.92 Å². The Hall–Kier alpha value is -1.38. The second-order valence-corrected chi connectivity index (χ2v) is 11.5. The standard InChI is InChI=1S/C29H44N2/c1-22(30-16-9-6-10-17-30)19-24-15-18-31(21-24)23(2)20-25-13-14-28(29(3,4)5)27-12-8-7-11-26(25)27/h7-8,11-14,22-24H,6,9-10,15-21H2,1-5H3. The van der Waals surface area contributed by atoms with Gasteiger partial charge in [0.25, 0.3) is 0 Å². The first-order chi connectivity index (χ1) is 14.8. The predicted octanol–water partition coefficient (Wildman–Crippen LogP) is 6.65. The minimum Gasteiger partial charge on any atom is -0.301 e. The van der Waals surface area contributed by atoms with Crippen molar-refractivity contribution in [2.75, 3.05) is 26.2 Å². The molecule has 2 aromatic rings. The van der Waals surface area contributed by atoms with Crippen LogP contribution >= 0.6 is 0 Å². The van der Waals surface area contributed by atoms with E-state index >= 15 is 0 Å². The molecule has 2 fully saturated rings. The summed E-state index contributed by atoms with van der Waals surface area (Å²) < 4.78 is 0. The number of hydrogen-bond acceptors (Lipinski definition) is 2. The van der Waals surface area contributed by atoms with E-state index in [1.54, 1.807) is 0 Å². The minimum atomic E-state index is 0.178. The molecule has 0 aromatic heterocycles. The molecule has 0 bridgehead atoms. The van der Waals surface area contributed by atoms with E-state index in [2.05, 4.69) is 80.8 Å². The fourth-order valence-corrected chi connectivity index (χ4v) is 6.09. The molecule has 2 aliphatic rings. The molecule has 0 aliphatic carbocycles. The van der Waals surface area contributed by atoms with Gasteiger partial charge in [-0.3, -0.25) is 0 Å². The molecule has 3 unspecified atom stereocenters. The lowest BCUT2D eigenvalue weighted by molar-refractivity contribution is 0.149. The predicted molar refractivity (Wildman–Crippen MR) is 135 cm³/mol. The molecule has 170 valence electrons. The molecule has 0 amide bonds. The second-order valence-electron chi connectivity index (χ2n) is 11.5. The van der Waals surface area contributed by atoms with Gasteiger partial charge in [-0.1, -0.05) is 63.6 Å². The van der Waals surface area contributed by atoms with Crippen molar-refractivity contribution in [1.82, 2.24) is 9.80 Å². The molecular formula is C29H44N2. The van der Waals surface area contributed by atoms with E-state index in [0.717, 1.165) is 18.4 Å². The van der Waals surface area contributed by atoms with E-state index in [1.165, 1.54) is 80.2 Å². The van der Waals surface area contributed by atoms with Crippen LogP contribution < -0.4 is 0 Å². The summed E-state index contributed by atoms with van der Waals surface area (Å²) in [5.41, 5.74) is 3.16. The van der Waals surface area contributed by atoms with Crippen LogP contribution in [-0.2, 0) is 11.8 Å². The van der Waals surface area contributed by atoms with Crippen LogP contribution in [0.1, 0.15) is 77.8 Å². The maximum atomic E-state index is 2.76. The highest BCUT2D eigenvalue weighted by Crippen LogP contribution is 2.33. The average Bonchev–Trinajstić information content (AvgIpc) is 3.22. The van der Waals surface area contributed by atoms with Crippen LogP contribution in [0.3, 0.4) is 0 Å². The van der Waals surface area contributed by atoms with E-state index in [1.807, 2.05) is 0 Å². The summed E-state index contributed by atoms with van der Waals surface area (Å²) in [5, 5.41) is 2.89. The number of benzene rings is 2. The third-order valence-corrected chi connectivity index (χ3v) is 7.97. The van der Waals surface area contributed by atoms with Gasteiger partial charge < -0.3 is 9.80 Å². The zero-order valence-electron chi connectivity index (χ0n) is 20.7. The first-order valence-electron chi connectivity index (χ1n) is 12.8. The lowest BCUT2D eigenvalue weighted by atomic mass is 9.82. The highest BCUT2D eigenvalue weighted by Gasteiger charge is 2.29. The first-order valence-corrected chi connectivity index (χ1v) is 12.8. The number of rotatable bonds is 6. The fourth-order valence-electron chi connectivity index (χ4n) is 6.09. The van der Waals surface area contributed by atoms with Crippen LogP contribution in [0.25, 0.3) is 10.8 Å². The smallest absolute Gasteiger partial charge is 0.0108 e. The largest absolute Gasteiger partial charge is 0.301 e. The van der Waals surface area contributed by atoms with Crippen molar-refractivity contribution < 1.29 is 0 Å². The Kier molecular flexibility index (Phi) is 7.08. The minimum absolute atomic E-state index is 0.178. The first kappa shape index (κ1) is 22.8. The molecule has 0 saturated carbocycles. The molecular weight excluding hydrogens is 376 g/mol. The molecule has 2 saturated heterocycles. The Labute approximate surface area is 191 Å². The van der Waals surface area contributed by atoms with Gasteiger partial charge in [-0.15, -0.1) is 0 Å². The molecule has 2 heteroatoms. The molecule has 4 rings (SSSR count). The zero-order valence-corrected chi connectivity index (χ0v) is 20.7. The lowest BCUT2D eigenvalue weighted by Crippen LogP contribution is -2.39. The van der Waals surface area contributed by atoms with Crippen molar-refractivity contribution in [2.45, 2.75) is 90.6 Å². The van der Waals surface area contributed by atoms with Crippen LogP contribution in [0.4, 0.5) is 0 Å². The van der Waals surface area contributed by atoms with Gasteiger partial charge in [0.05, 0.1) is 0 Å². The van der Waals surface area contributed by atoms with Crippen molar-refractivity contribution >= 4 is 10.8 Å². The fraction of sp³-hybridized carbons (Fsp3) is 0.655. The van der Waals surface area contributed by atoms with Gasteiger partial charge in [0, 0.05) is 18.6 Å². The summed E-state index contributed by atoms with van der Waals surface area (Å²) in [4.78, 5) is 5.51. The number of fused-ring (bicyclic) bond motifs is 1. The highest BCUT2D eigenvalue weighted by atomic mass is 15.2. The third kappa shape index (κ3) is 5.34. The van der Waals surface area contributed by atoms with Crippen molar-refractivity contribution in [3.8, 4) is 0 Å². The van der Waals surface area contributed by atoms with Crippen LogP contribution in [0, 0.1) is 5.92 Å². The summed E-state index contributed by atoms with van der Waals surface area (Å²) in [5.74, 6) is 0.874. The van der Waals surface area contributed by atoms with E-state index in [0.29, 0.717) is 6.04 Å². The summed E-state index contributed by atoms with van der Waals surface area (Å²) >= 11 is 0. The zero-order chi connectivity index (χ0) is 22.0. The molecule has 2 heterocycles. The maximum Gasteiger partial charge on any atom is 0.0108 e. The summed E-state index contributed by atoms with van der Waals surface area (Å²) in [6.45, 7) is 17.1. The van der Waals surface area contributed by atoms with Crippen molar-refractivity contribution in [3.05, 3.63) is 47.5 Å². The van der Waals surface area contributed by atoms with Gasteiger partial charge in [0.2, 0.25) is 0 Å². The Morgan fingerprint density at radius 2 is 1.55 bits per heavy atom. The third-order valence-electron chi connectivity index (χ3n) is 7.97. The molecule has 0 N–H and O–H groups in total. The maximum absolute atomic E-state index is 2.76. The van der Waals surface area contributed by atoms with Crippen molar-refractivity contribution in [1.29, 1.82) is 0 Å². The molecule has 31 heavy (non-hydrogen) atoms. The molecule has 2 aromatic carbocycles. The lowest BCUT2D eigenvalue weighted by Gasteiger charge is -2.34. The van der Waals surface area contributed by atoms with E-state index < -0.39 is 0 Å². The molecule has 0 radical (unpaired) electrons. The Bertz CT molecular complexity index is 859. The Balaban J connectivity index is 1.40. The average molecular weight is 421 g/mol. The topological polar surface area (TPSA) is 6.48 Å². The van der Waals surface area contributed by atoms with Crippen molar-refractivity contribution in [3.63, 3.8) is 0 Å². The van der Waals surface area contributed by atoms with Crippen LogP contribution in [0.2, 0.25) is 0 Å². The summed E-state index contributed by atoms with van der Waals surface area (Å²) in [6, 6.07) is 15.2. The quantitative estimate of drug-likeness (QED) is 0.516. The van der Waals surface area contributed by atoms with Gasteiger partial charge in [-0.25, -0.2) is 0 Å². The monoisotopic (exact) mass is 420 g/mol. The van der Waals surface area contributed by atoms with Gasteiger partial charge in [-0.2, -0.15) is 0 Å². The SMILES string of the molecule is CC(CC1CCN(C(C)Cc2ccc(C(C)(C)C)c3ccccc23)C1)N1CCCCC1. The Morgan fingerprint density at radius 3 is 2.26 bits per heavy atom. The molecule has 2 aliphatic heterocycles. The van der Waals surface area contributed by atoms with Crippen LogP contribution in [-0.4, -0.2) is 48.1 Å². The van der Waals surface area contributed by atoms with Gasteiger partial charge in [0.1, 0.15) is 0 Å². The molecule has 3 atom stereocenters. The highest BCUT2D eigenvalue weighted by molar-refractivity contribution is 5.89. The molecule has 0 spiro atoms. The van der Waals surface area contributed by atoms with Crippen LogP contribution in [0.15, 0.2) is 36.4 Å². The summed E-state index contributed by atoms with van der Waals surface area (Å²) in [7, 11) is 0. The van der Waals surface area contributed by atoms with E-state index in [4.69, 9.17) is 0 Å². The Morgan fingerprint density at radius 1 is 0.839 bits per heavy atom. The van der Waals surface area contributed by atoms with Gasteiger partial charge >= 0.3 is 0 Å². The van der Waals surface area contributed by atoms with Gasteiger partial charge in [0.15, 0.2) is 0 Å². The number of nitrogens with zero attached hydrogens (tertiary/aromatic N) is 2. The number of hydrogen-bond donors (Lipinski definition) is 0. The van der Waals surface area contributed by atoms with E-state index in [-0.39, 0.29) is 5.41 Å². The second kappa shape index (κ2) is 9.63.